The van der Waals surface area contributed by atoms with Crippen LogP contribution < -0.4 is 0 Å². The molecule has 1 aliphatic rings. The highest BCUT2D eigenvalue weighted by Gasteiger charge is 2.30. The van der Waals surface area contributed by atoms with Crippen molar-refractivity contribution < 1.29 is 9.53 Å². The molecule has 1 aromatic heterocycles. The van der Waals surface area contributed by atoms with Crippen LogP contribution in [0.1, 0.15) is 32.0 Å². The summed E-state index contributed by atoms with van der Waals surface area (Å²) in [5, 5.41) is 6.91. The monoisotopic (exact) mass is 287 g/mol. The number of fused-ring (bicyclic) bond motifs is 1. The molecule has 0 spiro atoms. The first-order chi connectivity index (χ1) is 7.37. The number of aromatic amines is 1. The SMILES string of the molecule is CC(C)(C)OC(=O)N1Cc2[nH]nc(Br)c2C1. The predicted molar refractivity (Wildman–Crippen MR) is 61.8 cm³/mol. The average molecular weight is 288 g/mol. The second kappa shape index (κ2) is 3.76. The number of hydrogen-bond donors (Lipinski definition) is 1. The highest BCUT2D eigenvalue weighted by molar-refractivity contribution is 9.10. The number of aromatic nitrogens is 2. The van der Waals surface area contributed by atoms with E-state index in [0.29, 0.717) is 13.1 Å². The van der Waals surface area contributed by atoms with Crippen molar-refractivity contribution in [1.29, 1.82) is 0 Å². The summed E-state index contributed by atoms with van der Waals surface area (Å²) in [6, 6.07) is 0. The molecule has 2 heterocycles. The fraction of sp³-hybridized carbons (Fsp3) is 0.600. The smallest absolute Gasteiger partial charge is 0.410 e. The highest BCUT2D eigenvalue weighted by Crippen LogP contribution is 2.28. The summed E-state index contributed by atoms with van der Waals surface area (Å²) in [6.45, 7) is 6.65. The van der Waals surface area contributed by atoms with Crippen LogP contribution in [0, 0.1) is 0 Å². The molecule has 16 heavy (non-hydrogen) atoms. The Hall–Kier alpha value is -1.04. The quantitative estimate of drug-likeness (QED) is 0.797. The van der Waals surface area contributed by atoms with Gasteiger partial charge in [0, 0.05) is 5.56 Å². The molecule has 1 amide bonds. The zero-order valence-electron chi connectivity index (χ0n) is 9.50. The van der Waals surface area contributed by atoms with E-state index >= 15 is 0 Å². The van der Waals surface area contributed by atoms with E-state index in [1.165, 1.54) is 0 Å². The van der Waals surface area contributed by atoms with Gasteiger partial charge in [-0.1, -0.05) is 0 Å². The normalized spacial score (nSPS) is 15.1. The molecule has 0 atom stereocenters. The highest BCUT2D eigenvalue weighted by atomic mass is 79.9. The van der Waals surface area contributed by atoms with Crippen LogP contribution in [0.5, 0.6) is 0 Å². The van der Waals surface area contributed by atoms with Crippen molar-refractivity contribution in [2.24, 2.45) is 0 Å². The van der Waals surface area contributed by atoms with Gasteiger partial charge in [0.1, 0.15) is 10.2 Å². The Bertz CT molecular complexity index is 422. The third-order valence-electron chi connectivity index (χ3n) is 2.25. The van der Waals surface area contributed by atoms with Crippen molar-refractivity contribution in [3.8, 4) is 0 Å². The second-order valence-electron chi connectivity index (χ2n) is 4.81. The maximum atomic E-state index is 11.8. The number of H-pyrrole nitrogens is 1. The van der Waals surface area contributed by atoms with Crippen LogP contribution >= 0.6 is 15.9 Å². The fourth-order valence-electron chi connectivity index (χ4n) is 1.56. The van der Waals surface area contributed by atoms with E-state index in [4.69, 9.17) is 4.74 Å². The van der Waals surface area contributed by atoms with Gasteiger partial charge in [0.25, 0.3) is 0 Å². The molecule has 0 unspecified atom stereocenters. The number of carbonyl (C=O) groups excluding carboxylic acids is 1. The number of nitrogens with zero attached hydrogens (tertiary/aromatic N) is 2. The molecule has 0 bridgehead atoms. The maximum Gasteiger partial charge on any atom is 0.410 e. The van der Waals surface area contributed by atoms with Gasteiger partial charge < -0.3 is 4.74 Å². The van der Waals surface area contributed by atoms with Gasteiger partial charge in [0.05, 0.1) is 18.8 Å². The number of rotatable bonds is 0. The zero-order chi connectivity index (χ0) is 11.9. The van der Waals surface area contributed by atoms with Crippen LogP contribution in [0.15, 0.2) is 4.60 Å². The van der Waals surface area contributed by atoms with E-state index in [2.05, 4.69) is 26.1 Å². The van der Waals surface area contributed by atoms with Gasteiger partial charge in [-0.2, -0.15) is 5.10 Å². The van der Waals surface area contributed by atoms with Gasteiger partial charge in [-0.25, -0.2) is 4.79 Å². The Labute approximate surface area is 102 Å². The van der Waals surface area contributed by atoms with Crippen LogP contribution in [-0.4, -0.2) is 26.8 Å². The van der Waals surface area contributed by atoms with Crippen LogP contribution in [0.2, 0.25) is 0 Å². The van der Waals surface area contributed by atoms with Crippen LogP contribution in [0.3, 0.4) is 0 Å². The van der Waals surface area contributed by atoms with E-state index in [9.17, 15) is 4.79 Å². The van der Waals surface area contributed by atoms with Crippen molar-refractivity contribution >= 4 is 22.0 Å². The fourth-order valence-corrected chi connectivity index (χ4v) is 2.01. The van der Waals surface area contributed by atoms with Crippen molar-refractivity contribution in [2.45, 2.75) is 39.5 Å². The molecule has 0 saturated carbocycles. The van der Waals surface area contributed by atoms with Crippen molar-refractivity contribution in [3.63, 3.8) is 0 Å². The molecule has 6 heteroatoms. The minimum Gasteiger partial charge on any atom is -0.444 e. The predicted octanol–water partition coefficient (Wildman–Crippen LogP) is 2.42. The Morgan fingerprint density at radius 3 is 2.75 bits per heavy atom. The molecular weight excluding hydrogens is 274 g/mol. The Kier molecular flexibility index (Phi) is 2.69. The van der Waals surface area contributed by atoms with Crippen LogP contribution in [0.4, 0.5) is 4.79 Å². The molecule has 88 valence electrons. The third-order valence-corrected chi connectivity index (χ3v) is 2.91. The summed E-state index contributed by atoms with van der Waals surface area (Å²) in [7, 11) is 0. The Morgan fingerprint density at radius 2 is 2.19 bits per heavy atom. The summed E-state index contributed by atoms with van der Waals surface area (Å²) in [6.07, 6.45) is -0.288. The standard InChI is InChI=1S/C10H14BrN3O2/c1-10(2,3)16-9(15)14-4-6-7(5-14)12-13-8(6)11/h4-5H2,1-3H3,(H,12,13). The maximum absolute atomic E-state index is 11.8. The molecule has 5 nitrogen and oxygen atoms in total. The number of nitrogens with one attached hydrogen (secondary N) is 1. The number of hydrogen-bond acceptors (Lipinski definition) is 3. The molecule has 1 aliphatic heterocycles. The molecule has 1 aromatic rings. The topological polar surface area (TPSA) is 58.2 Å². The summed E-state index contributed by atoms with van der Waals surface area (Å²) in [5.41, 5.74) is 1.55. The first-order valence-electron chi connectivity index (χ1n) is 5.06. The first kappa shape index (κ1) is 11.4. The molecule has 0 saturated heterocycles. The van der Waals surface area contributed by atoms with Crippen LogP contribution in [-0.2, 0) is 17.8 Å². The number of ether oxygens (including phenoxy) is 1. The summed E-state index contributed by atoms with van der Waals surface area (Å²) < 4.78 is 6.07. The van der Waals surface area contributed by atoms with E-state index < -0.39 is 5.60 Å². The van der Waals surface area contributed by atoms with Gasteiger partial charge in [-0.05, 0) is 36.7 Å². The number of halogens is 1. The first-order valence-corrected chi connectivity index (χ1v) is 5.85. The lowest BCUT2D eigenvalue weighted by molar-refractivity contribution is 0.0239. The summed E-state index contributed by atoms with van der Waals surface area (Å²) in [5.74, 6) is 0. The summed E-state index contributed by atoms with van der Waals surface area (Å²) >= 11 is 3.33. The van der Waals surface area contributed by atoms with E-state index in [0.717, 1.165) is 15.9 Å². The minimum absolute atomic E-state index is 0.288. The molecular formula is C10H14BrN3O2. The molecule has 1 N–H and O–H groups in total. The molecule has 0 aliphatic carbocycles. The number of carbonyl (C=O) groups is 1. The lowest BCUT2D eigenvalue weighted by Crippen LogP contribution is -2.33. The third kappa shape index (κ3) is 2.21. The Morgan fingerprint density at radius 1 is 1.50 bits per heavy atom. The number of amides is 1. The van der Waals surface area contributed by atoms with Crippen molar-refractivity contribution in [1.82, 2.24) is 15.1 Å². The van der Waals surface area contributed by atoms with Crippen molar-refractivity contribution in [2.75, 3.05) is 0 Å². The lowest BCUT2D eigenvalue weighted by Gasteiger charge is -2.24. The van der Waals surface area contributed by atoms with Gasteiger partial charge in [0.2, 0.25) is 0 Å². The Balaban J connectivity index is 2.04. The van der Waals surface area contributed by atoms with E-state index in [1.54, 1.807) is 4.90 Å². The molecule has 0 aromatic carbocycles. The molecule has 0 fully saturated rings. The van der Waals surface area contributed by atoms with E-state index in [-0.39, 0.29) is 6.09 Å². The minimum atomic E-state index is -0.455. The van der Waals surface area contributed by atoms with Crippen LogP contribution in [0.25, 0.3) is 0 Å². The van der Waals surface area contributed by atoms with Gasteiger partial charge in [0.15, 0.2) is 0 Å². The van der Waals surface area contributed by atoms with E-state index in [1.807, 2.05) is 20.8 Å². The molecule has 0 radical (unpaired) electrons. The van der Waals surface area contributed by atoms with Crippen molar-refractivity contribution in [3.05, 3.63) is 15.9 Å². The largest absolute Gasteiger partial charge is 0.444 e. The van der Waals surface area contributed by atoms with Gasteiger partial charge >= 0.3 is 6.09 Å². The average Bonchev–Trinajstić information content (AvgIpc) is 2.65. The summed E-state index contributed by atoms with van der Waals surface area (Å²) in [4.78, 5) is 13.4. The second-order valence-corrected chi connectivity index (χ2v) is 5.56. The van der Waals surface area contributed by atoms with Gasteiger partial charge in [-0.3, -0.25) is 10.00 Å². The molecule has 2 rings (SSSR count). The van der Waals surface area contributed by atoms with Gasteiger partial charge in [-0.15, -0.1) is 0 Å². The lowest BCUT2D eigenvalue weighted by atomic mass is 10.2. The zero-order valence-corrected chi connectivity index (χ0v) is 11.1.